The molecular formula is C30H33F3N6O5. The monoisotopic (exact) mass is 614 g/mol. The van der Waals surface area contributed by atoms with Crippen molar-refractivity contribution in [3.05, 3.63) is 81.9 Å². The zero-order chi connectivity index (χ0) is 31.1. The minimum Gasteiger partial charge on any atom is -0.379 e. The molecule has 2 amide bonds. The number of hydrogen-bond acceptors (Lipinski definition) is 8. The van der Waals surface area contributed by atoms with Crippen LogP contribution in [0.3, 0.4) is 0 Å². The number of amides is 2. The van der Waals surface area contributed by atoms with Crippen molar-refractivity contribution in [2.75, 3.05) is 55.7 Å². The van der Waals surface area contributed by atoms with E-state index in [9.17, 15) is 27.6 Å². The number of fused-ring (bicyclic) bond motifs is 1. The molecule has 0 aliphatic carbocycles. The standard InChI is InChI=1S/C30H33F3N6O5/c31-30(32,33)23-6-8-26(34-18-23)36-11-13-37(14-12-36)27(40)10-16-43-17-15-38-25-19-35-39(29(42)24(25)7-9-28(38)41)21-44-20-22-4-2-1-3-5-22/h1-6,8,18-19H,7,9-17,20-21H2. The Kier molecular flexibility index (Phi) is 9.90. The third kappa shape index (κ3) is 7.61. The van der Waals surface area contributed by atoms with Gasteiger partial charge in [0.1, 0.15) is 12.5 Å². The Hall–Kier alpha value is -4.30. The van der Waals surface area contributed by atoms with Crippen LogP contribution in [0, 0.1) is 0 Å². The van der Waals surface area contributed by atoms with Crippen LogP contribution in [0.4, 0.5) is 24.7 Å². The highest BCUT2D eigenvalue weighted by Gasteiger charge is 2.31. The zero-order valence-electron chi connectivity index (χ0n) is 24.0. The minimum absolute atomic E-state index is 0.00686. The number of piperazine rings is 1. The molecule has 2 aromatic heterocycles. The summed E-state index contributed by atoms with van der Waals surface area (Å²) in [6.07, 6.45) is -1.45. The van der Waals surface area contributed by atoms with Gasteiger partial charge in [0.2, 0.25) is 11.8 Å². The lowest BCUT2D eigenvalue weighted by molar-refractivity contribution is -0.138. The van der Waals surface area contributed by atoms with Gasteiger partial charge in [-0.2, -0.15) is 18.3 Å². The highest BCUT2D eigenvalue weighted by atomic mass is 19.4. The van der Waals surface area contributed by atoms with Crippen LogP contribution < -0.4 is 15.4 Å². The molecule has 234 valence electrons. The fourth-order valence-electron chi connectivity index (χ4n) is 5.15. The van der Waals surface area contributed by atoms with Gasteiger partial charge in [0.05, 0.1) is 43.7 Å². The molecule has 1 fully saturated rings. The van der Waals surface area contributed by atoms with Crippen molar-refractivity contribution in [2.45, 2.75) is 38.8 Å². The second-order valence-corrected chi connectivity index (χ2v) is 10.5. The molecular weight excluding hydrogens is 581 g/mol. The summed E-state index contributed by atoms with van der Waals surface area (Å²) < 4.78 is 50.9. The molecule has 5 rings (SSSR count). The Morgan fingerprint density at radius 3 is 2.39 bits per heavy atom. The van der Waals surface area contributed by atoms with Gasteiger partial charge in [0, 0.05) is 50.9 Å². The van der Waals surface area contributed by atoms with Gasteiger partial charge in [-0.1, -0.05) is 30.3 Å². The van der Waals surface area contributed by atoms with Crippen LogP contribution in [0.5, 0.6) is 0 Å². The normalized spacial score (nSPS) is 15.4. The summed E-state index contributed by atoms with van der Waals surface area (Å²) in [7, 11) is 0. The van der Waals surface area contributed by atoms with E-state index in [1.807, 2.05) is 35.2 Å². The molecule has 11 nitrogen and oxygen atoms in total. The van der Waals surface area contributed by atoms with E-state index in [1.165, 1.54) is 21.8 Å². The Balaban J connectivity index is 1.04. The number of anilines is 2. The topological polar surface area (TPSA) is 110 Å². The van der Waals surface area contributed by atoms with E-state index in [4.69, 9.17) is 9.47 Å². The summed E-state index contributed by atoms with van der Waals surface area (Å²) in [6, 6.07) is 11.9. The van der Waals surface area contributed by atoms with Crippen LogP contribution >= 0.6 is 0 Å². The fraction of sp³-hybridized carbons (Fsp3) is 0.433. The Labute approximate surface area is 251 Å². The number of aromatic nitrogens is 3. The summed E-state index contributed by atoms with van der Waals surface area (Å²) in [6.45, 7) is 2.63. The summed E-state index contributed by atoms with van der Waals surface area (Å²) >= 11 is 0. The molecule has 3 aromatic rings. The van der Waals surface area contributed by atoms with Crippen LogP contribution in [0.15, 0.2) is 59.7 Å². The second-order valence-electron chi connectivity index (χ2n) is 10.5. The van der Waals surface area contributed by atoms with Gasteiger partial charge in [0.25, 0.3) is 5.56 Å². The van der Waals surface area contributed by atoms with Crippen molar-refractivity contribution < 1.29 is 32.2 Å². The first-order valence-corrected chi connectivity index (χ1v) is 14.4. The summed E-state index contributed by atoms with van der Waals surface area (Å²) in [5.41, 5.74) is 0.848. The first-order chi connectivity index (χ1) is 21.2. The van der Waals surface area contributed by atoms with Crippen molar-refractivity contribution in [1.82, 2.24) is 19.7 Å². The van der Waals surface area contributed by atoms with Crippen LogP contribution in [-0.4, -0.2) is 77.4 Å². The Morgan fingerprint density at radius 1 is 0.909 bits per heavy atom. The van der Waals surface area contributed by atoms with E-state index < -0.39 is 11.7 Å². The van der Waals surface area contributed by atoms with Gasteiger partial charge in [0.15, 0.2) is 0 Å². The lowest BCUT2D eigenvalue weighted by Crippen LogP contribution is -2.49. The first kappa shape index (κ1) is 31.1. The number of carbonyl (C=O) groups excluding carboxylic acids is 2. The quantitative estimate of drug-likeness (QED) is 0.304. The van der Waals surface area contributed by atoms with Crippen molar-refractivity contribution in [2.24, 2.45) is 0 Å². The second kappa shape index (κ2) is 14.0. The van der Waals surface area contributed by atoms with E-state index in [0.717, 1.165) is 17.8 Å². The predicted octanol–water partition coefficient (Wildman–Crippen LogP) is 2.87. The molecule has 0 spiro atoms. The number of ether oxygens (including phenoxy) is 2. The fourth-order valence-corrected chi connectivity index (χ4v) is 5.15. The third-order valence-corrected chi connectivity index (χ3v) is 7.58. The van der Waals surface area contributed by atoms with Crippen molar-refractivity contribution >= 4 is 23.3 Å². The molecule has 1 aromatic carbocycles. The number of alkyl halides is 3. The minimum atomic E-state index is -4.44. The van der Waals surface area contributed by atoms with E-state index in [1.54, 1.807) is 4.90 Å². The molecule has 0 bridgehead atoms. The first-order valence-electron chi connectivity index (χ1n) is 14.4. The van der Waals surface area contributed by atoms with Crippen molar-refractivity contribution in [3.63, 3.8) is 0 Å². The molecule has 0 N–H and O–H groups in total. The maximum Gasteiger partial charge on any atom is 0.417 e. The smallest absolute Gasteiger partial charge is 0.379 e. The molecule has 2 aliphatic rings. The van der Waals surface area contributed by atoms with Gasteiger partial charge >= 0.3 is 6.18 Å². The molecule has 0 unspecified atom stereocenters. The van der Waals surface area contributed by atoms with Gasteiger partial charge in [-0.3, -0.25) is 14.4 Å². The molecule has 0 saturated carbocycles. The number of benzene rings is 1. The Bertz CT molecular complexity index is 1490. The van der Waals surface area contributed by atoms with E-state index in [-0.39, 0.29) is 56.7 Å². The average molecular weight is 615 g/mol. The lowest BCUT2D eigenvalue weighted by Gasteiger charge is -2.35. The molecule has 0 atom stereocenters. The number of pyridine rings is 1. The molecule has 4 heterocycles. The number of nitrogens with zero attached hydrogens (tertiary/aromatic N) is 6. The maximum absolute atomic E-state index is 13.0. The average Bonchev–Trinajstić information content (AvgIpc) is 3.03. The lowest BCUT2D eigenvalue weighted by atomic mass is 10.0. The number of rotatable bonds is 11. The SMILES string of the molecule is O=C(CCOCCN1C(=O)CCc2c1cnn(COCc1ccccc1)c2=O)N1CCN(c2ccc(C(F)(F)F)cn2)CC1. The van der Waals surface area contributed by atoms with Crippen molar-refractivity contribution in [1.29, 1.82) is 0 Å². The van der Waals surface area contributed by atoms with Crippen LogP contribution in [0.25, 0.3) is 0 Å². The van der Waals surface area contributed by atoms with Crippen LogP contribution in [-0.2, 0) is 45.0 Å². The van der Waals surface area contributed by atoms with Crippen LogP contribution in [0.1, 0.15) is 29.5 Å². The molecule has 0 radical (unpaired) electrons. The number of hydrogen-bond donors (Lipinski definition) is 0. The third-order valence-electron chi connectivity index (χ3n) is 7.58. The highest BCUT2D eigenvalue weighted by molar-refractivity contribution is 5.96. The van der Waals surface area contributed by atoms with Crippen molar-refractivity contribution in [3.8, 4) is 0 Å². The van der Waals surface area contributed by atoms with Gasteiger partial charge < -0.3 is 24.2 Å². The Morgan fingerprint density at radius 2 is 1.68 bits per heavy atom. The molecule has 1 saturated heterocycles. The van der Waals surface area contributed by atoms with E-state index in [2.05, 4.69) is 10.1 Å². The van der Waals surface area contributed by atoms with Gasteiger partial charge in [-0.25, -0.2) is 9.67 Å². The molecule has 44 heavy (non-hydrogen) atoms. The number of carbonyl (C=O) groups is 2. The zero-order valence-corrected chi connectivity index (χ0v) is 24.0. The molecule has 14 heteroatoms. The van der Waals surface area contributed by atoms with Crippen LogP contribution in [0.2, 0.25) is 0 Å². The summed E-state index contributed by atoms with van der Waals surface area (Å²) in [4.78, 5) is 47.3. The summed E-state index contributed by atoms with van der Waals surface area (Å²) in [5, 5.41) is 4.21. The number of halogens is 3. The highest BCUT2D eigenvalue weighted by Crippen LogP contribution is 2.29. The summed E-state index contributed by atoms with van der Waals surface area (Å²) in [5.74, 6) is 0.216. The van der Waals surface area contributed by atoms with Gasteiger partial charge in [-0.15, -0.1) is 0 Å². The maximum atomic E-state index is 13.0. The van der Waals surface area contributed by atoms with E-state index >= 15 is 0 Å². The largest absolute Gasteiger partial charge is 0.417 e. The van der Waals surface area contributed by atoms with Gasteiger partial charge in [-0.05, 0) is 24.1 Å². The predicted molar refractivity (Wildman–Crippen MR) is 154 cm³/mol. The molecule has 2 aliphatic heterocycles. The van der Waals surface area contributed by atoms with E-state index in [0.29, 0.717) is 56.3 Å².